The fourth-order valence-corrected chi connectivity index (χ4v) is 29.5. The molecular weight excluding hydrogens is 2520 g/mol. The highest BCUT2D eigenvalue weighted by atomic mass is 79.9. The first-order valence-corrected chi connectivity index (χ1v) is 62.3. The third-order valence-corrected chi connectivity index (χ3v) is 37.4. The lowest BCUT2D eigenvalue weighted by molar-refractivity contribution is -0.385. The molecule has 0 aliphatic carbocycles. The van der Waals surface area contributed by atoms with Gasteiger partial charge < -0.3 is 49.8 Å². The third kappa shape index (κ3) is 34.8. The number of anilines is 5. The summed E-state index contributed by atoms with van der Waals surface area (Å²) in [6, 6.07) is 20.9. The van der Waals surface area contributed by atoms with Gasteiger partial charge in [-0.15, -0.1) is 0 Å². The van der Waals surface area contributed by atoms with Crippen molar-refractivity contribution in [2.75, 3.05) is 257 Å². The number of sulfone groups is 2. The molecule has 1 unspecified atom stereocenters. The molecule has 5 aromatic carbocycles. The first-order valence-electron chi connectivity index (χ1n) is 43.7. The van der Waals surface area contributed by atoms with E-state index >= 15 is 0 Å². The van der Waals surface area contributed by atoms with Crippen LogP contribution in [-0.4, -0.2) is 354 Å². The van der Waals surface area contributed by atoms with Crippen LogP contribution in [-0.2, 0) is 49.7 Å². The number of halogens is 10. The summed E-state index contributed by atoms with van der Waals surface area (Å²) in [4.78, 5) is 71.8. The zero-order valence-corrected chi connectivity index (χ0v) is 96.0. The number of hydrogen-bond acceptors (Lipinski definition) is 30. The largest absolute Gasteiger partial charge is 0.369 e. The molecule has 0 spiro atoms. The van der Waals surface area contributed by atoms with Crippen LogP contribution in [0.25, 0.3) is 0 Å². The quantitative estimate of drug-likeness (QED) is 0.0216. The molecule has 760 valence electrons. The summed E-state index contributed by atoms with van der Waals surface area (Å²) in [6.07, 6.45) is 7.09. The van der Waals surface area contributed by atoms with Crippen molar-refractivity contribution < 1.29 is 66.7 Å². The van der Waals surface area contributed by atoms with Crippen molar-refractivity contribution in [3.8, 4) is 0 Å². The van der Waals surface area contributed by atoms with Gasteiger partial charge in [0.2, 0.25) is 30.1 Å². The number of likely N-dealkylation sites (tertiary alicyclic amines) is 2. The number of nitrogens with two attached hydrogens (primary N) is 1. The molecule has 0 saturated carbocycles. The average Bonchev–Trinajstić information content (AvgIpc) is 1.32. The van der Waals surface area contributed by atoms with Crippen molar-refractivity contribution in [1.82, 2.24) is 32.5 Å². The minimum atomic E-state index is -3.85. The van der Waals surface area contributed by atoms with Crippen molar-refractivity contribution in [1.29, 1.82) is 0 Å². The van der Waals surface area contributed by atoms with Crippen LogP contribution in [0.1, 0.15) is 70.6 Å². The Morgan fingerprint density at radius 3 is 0.770 bits per heavy atom. The number of sulfonamides is 3. The lowest BCUT2D eigenvalue weighted by Crippen LogP contribution is -2.44. The number of benzene rings is 5. The number of nitro groups is 5. The highest BCUT2D eigenvalue weighted by Gasteiger charge is 2.40. The van der Waals surface area contributed by atoms with Gasteiger partial charge in [0.15, 0.2) is 19.7 Å². The lowest BCUT2D eigenvalue weighted by atomic mass is 10.1. The maximum atomic E-state index is 13.5. The molecule has 5 heterocycles. The Bertz CT molecular complexity index is 5120. The van der Waals surface area contributed by atoms with E-state index in [0.29, 0.717) is 251 Å². The summed E-state index contributed by atoms with van der Waals surface area (Å²) in [6.45, 7) is 12.9. The summed E-state index contributed by atoms with van der Waals surface area (Å²) >= 11 is 33.9. The molecule has 5 aromatic rings. The Hall–Kier alpha value is -3.67. The SMILES string of the molecule is CN(C)C1CCN(S(=O)(=O)c2cc([N+](=O)[O-])ccc2N(CCBr)CCBr)CC1.CN1CCC(S(=O)(=O)c2cc([N+](=O)[O-])ccc2N(CCBr)CCBr)CC1.CN1CCCC(S(=O)(=O)c2cc([N+](=O)[O-])ccc2N(CCBr)CCBr)CC1.CN1CCCN(S(=O)(=O)c2cc([N+](=O)[O-])ccc2N(CCBr)CCBr)CCC1.NC1CCN(S(=O)(=O)c2cc([N+](=O)[O-])ccc2N(CCBr)CCBr)CC1. The van der Waals surface area contributed by atoms with Gasteiger partial charge in [-0.2, -0.15) is 12.9 Å². The maximum Gasteiger partial charge on any atom is 0.270 e. The second kappa shape index (κ2) is 58.9. The van der Waals surface area contributed by atoms with Crippen LogP contribution in [0.15, 0.2) is 115 Å². The maximum absolute atomic E-state index is 13.5. The van der Waals surface area contributed by atoms with Crippen molar-refractivity contribution in [2.24, 2.45) is 5.73 Å². The topological polar surface area (TPSA) is 451 Å². The number of hydrogen-bond donors (Lipinski definition) is 1. The lowest BCUT2D eigenvalue weighted by Gasteiger charge is -2.35. The molecule has 0 aromatic heterocycles. The van der Waals surface area contributed by atoms with Gasteiger partial charge in [-0.05, 0) is 175 Å². The molecule has 5 aliphatic heterocycles. The van der Waals surface area contributed by atoms with E-state index in [1.807, 2.05) is 59.7 Å². The van der Waals surface area contributed by atoms with Crippen molar-refractivity contribution in [3.05, 3.63) is 142 Å². The molecule has 1 atom stereocenters. The Balaban J connectivity index is 0.000000259. The van der Waals surface area contributed by atoms with E-state index in [-0.39, 0.29) is 59.0 Å². The van der Waals surface area contributed by atoms with Crippen LogP contribution < -0.4 is 30.2 Å². The second-order valence-electron chi connectivity index (χ2n) is 32.6. The van der Waals surface area contributed by atoms with Crippen LogP contribution in [0, 0.1) is 50.6 Å². The molecule has 135 heavy (non-hydrogen) atoms. The van der Waals surface area contributed by atoms with Gasteiger partial charge in [-0.3, -0.25) is 50.6 Å². The predicted molar refractivity (Wildman–Crippen MR) is 571 cm³/mol. The van der Waals surface area contributed by atoms with E-state index in [1.54, 1.807) is 24.3 Å². The zero-order valence-electron chi connectivity index (χ0n) is 76.0. The van der Waals surface area contributed by atoms with Gasteiger partial charge in [0.05, 0.1) is 73.3 Å². The predicted octanol–water partition coefficient (Wildman–Crippen LogP) is 14.6. The molecule has 5 aliphatic rings. The van der Waals surface area contributed by atoms with Crippen LogP contribution in [0.4, 0.5) is 56.9 Å². The molecule has 53 heteroatoms. The molecule has 5 fully saturated rings. The molecule has 38 nitrogen and oxygen atoms in total. The fourth-order valence-electron chi connectivity index (χ4n) is 16.1. The zero-order chi connectivity index (χ0) is 100. The second-order valence-corrected chi connectivity index (χ2v) is 50.6. The summed E-state index contributed by atoms with van der Waals surface area (Å²) in [5, 5.41) is 61.8. The van der Waals surface area contributed by atoms with Crippen molar-refractivity contribution >= 4 is 266 Å². The van der Waals surface area contributed by atoms with E-state index in [4.69, 9.17) is 5.73 Å². The third-order valence-electron chi connectivity index (χ3n) is 23.5. The molecule has 0 bridgehead atoms. The standard InChI is InChI=1S/2C17H26Br2N4O4S.C17H25Br2N3O4S.C16H23Br2N3O4S.C15H22Br2N4O4S/c1-20-8-2-10-22(11-3-9-20)28(26,27)17-14-15(23(24)25)4-5-16(17)21(12-6-18)13-7-19;1-20(2)14-5-9-22(10-6-14)28(26,27)17-13-15(23(24)25)3-4-16(17)21(11-7-18)12-8-19;1-20-9-2-3-15(6-10-20)27(25,26)17-13-14(22(23)24)4-5-16(17)21(11-7-18)12-8-19;1-19-8-4-14(5-9-19)26(24,25)16-12-13(21(22)23)2-3-15(16)20(10-6-17)11-7-18;16-5-9-19(10-6-17)14-2-1-13(21(22)23)11-15(14)26(24,25)20-7-3-12(18)4-8-20/h4-5,14H,2-3,6-13H2,1H3;3-4,13-14H,5-12H2,1-2H3;4-5,13,15H,2-3,6-12H2,1H3;2-3,12,14H,4-11H2,1H3;1-2,11-12H,3-10,18H2. The summed E-state index contributed by atoms with van der Waals surface area (Å²) in [5.41, 5.74) is 7.36. The highest BCUT2D eigenvalue weighted by Crippen LogP contribution is 2.41. The average molecular weight is 2640 g/mol. The van der Waals surface area contributed by atoms with E-state index < -0.39 is 84.9 Å². The van der Waals surface area contributed by atoms with Gasteiger partial charge in [0.1, 0.15) is 14.7 Å². The first kappa shape index (κ1) is 120. The van der Waals surface area contributed by atoms with Gasteiger partial charge in [-0.25, -0.2) is 42.1 Å². The number of non-ortho nitro benzene ring substituents is 5. The minimum absolute atomic E-state index is 0.00639. The number of nitrogens with zero attached hydrogens (tertiary/aromatic N) is 17. The molecule has 0 radical (unpaired) electrons. The summed E-state index contributed by atoms with van der Waals surface area (Å²) < 4.78 is 138. The number of nitro benzene ring substituents is 5. The number of piperidine rings is 3. The molecule has 2 N–H and O–H groups in total. The van der Waals surface area contributed by atoms with Gasteiger partial charge in [0.25, 0.3) is 28.4 Å². The van der Waals surface area contributed by atoms with Crippen LogP contribution in [0.5, 0.6) is 0 Å². The van der Waals surface area contributed by atoms with E-state index in [2.05, 4.69) is 179 Å². The van der Waals surface area contributed by atoms with Gasteiger partial charge in [0, 0.05) is 231 Å². The Labute approximate surface area is 878 Å². The smallest absolute Gasteiger partial charge is 0.270 e. The summed E-state index contributed by atoms with van der Waals surface area (Å²) in [7, 11) is -8.91. The normalized spacial score (nSPS) is 17.1. The fraction of sp³-hybridized carbons (Fsp3) is 0.634. The Morgan fingerprint density at radius 1 is 0.304 bits per heavy atom. The van der Waals surface area contributed by atoms with Gasteiger partial charge in [-0.1, -0.05) is 159 Å². The molecule has 5 saturated heterocycles. The van der Waals surface area contributed by atoms with Crippen molar-refractivity contribution in [3.63, 3.8) is 0 Å². The van der Waals surface area contributed by atoms with E-state index in [1.165, 1.54) is 73.6 Å². The summed E-state index contributed by atoms with van der Waals surface area (Å²) in [5.74, 6) is 0. The highest BCUT2D eigenvalue weighted by molar-refractivity contribution is 9.10. The Morgan fingerprint density at radius 2 is 0.519 bits per heavy atom. The van der Waals surface area contributed by atoms with Crippen LogP contribution in [0.2, 0.25) is 0 Å². The number of rotatable bonds is 41. The van der Waals surface area contributed by atoms with Crippen LogP contribution in [0.3, 0.4) is 0 Å². The van der Waals surface area contributed by atoms with Crippen LogP contribution >= 0.6 is 159 Å². The van der Waals surface area contributed by atoms with E-state index in [0.717, 1.165) is 57.8 Å². The first-order chi connectivity index (χ1) is 63.9. The molecule has 10 rings (SSSR count). The molecular formula is C82H122Br10N18O20S5. The minimum Gasteiger partial charge on any atom is -0.369 e. The van der Waals surface area contributed by atoms with Crippen molar-refractivity contribution in [2.45, 2.75) is 118 Å². The van der Waals surface area contributed by atoms with E-state index in [9.17, 15) is 92.7 Å². The van der Waals surface area contributed by atoms with Gasteiger partial charge >= 0.3 is 0 Å². The molecule has 0 amide bonds. The number of alkyl halides is 10. The Kier molecular flexibility index (Phi) is 52.4. The monoisotopic (exact) mass is 2630 g/mol.